The summed E-state index contributed by atoms with van der Waals surface area (Å²) in [6.07, 6.45) is 12.2. The van der Waals surface area contributed by atoms with E-state index in [2.05, 4.69) is 28.3 Å². The fraction of sp³-hybridized carbons (Fsp3) is 0.600. The second-order valence-electron chi connectivity index (χ2n) is 5.03. The van der Waals surface area contributed by atoms with Gasteiger partial charge in [-0.15, -0.1) is 0 Å². The van der Waals surface area contributed by atoms with E-state index >= 15 is 0 Å². The summed E-state index contributed by atoms with van der Waals surface area (Å²) < 4.78 is 0. The fourth-order valence-electron chi connectivity index (χ4n) is 2.49. The molecule has 0 unspecified atom stereocenters. The summed E-state index contributed by atoms with van der Waals surface area (Å²) in [5.41, 5.74) is 2.63. The average molecular weight is 280 g/mol. The molecule has 0 fully saturated rings. The number of rotatable bonds is 6. The molecule has 0 saturated heterocycles. The van der Waals surface area contributed by atoms with Crippen LogP contribution in [0, 0.1) is 0 Å². The fourth-order valence-corrected chi connectivity index (χ4v) is 2.72. The van der Waals surface area contributed by atoms with Gasteiger partial charge >= 0.3 is 0 Å². The first kappa shape index (κ1) is 14.3. The highest BCUT2D eigenvalue weighted by atomic mass is 35.5. The maximum atomic E-state index is 6.13. The SMILES string of the molecule is CCCc1c(Cl)ncnc1NCCC1=CCCCC1. The number of anilines is 1. The van der Waals surface area contributed by atoms with Crippen LogP contribution in [0.1, 0.15) is 51.0 Å². The van der Waals surface area contributed by atoms with Gasteiger partial charge in [0, 0.05) is 12.1 Å². The van der Waals surface area contributed by atoms with Crippen LogP contribution < -0.4 is 5.32 Å². The molecular formula is C15H22ClN3. The third-order valence-electron chi connectivity index (χ3n) is 3.52. The van der Waals surface area contributed by atoms with Gasteiger partial charge in [0.15, 0.2) is 0 Å². The smallest absolute Gasteiger partial charge is 0.137 e. The van der Waals surface area contributed by atoms with E-state index in [9.17, 15) is 0 Å². The molecule has 2 rings (SSSR count). The van der Waals surface area contributed by atoms with Gasteiger partial charge in [0.25, 0.3) is 0 Å². The first-order chi connectivity index (χ1) is 9.31. The van der Waals surface area contributed by atoms with Crippen molar-refractivity contribution in [2.24, 2.45) is 0 Å². The standard InChI is InChI=1S/C15H22ClN3/c1-2-6-13-14(16)18-11-19-15(13)17-10-9-12-7-4-3-5-8-12/h7,11H,2-6,8-10H2,1H3,(H,17,18,19). The van der Waals surface area contributed by atoms with Crippen molar-refractivity contribution >= 4 is 17.4 Å². The molecule has 19 heavy (non-hydrogen) atoms. The van der Waals surface area contributed by atoms with Crippen LogP contribution in [0.5, 0.6) is 0 Å². The van der Waals surface area contributed by atoms with Crippen LogP contribution in [-0.2, 0) is 6.42 Å². The molecule has 1 aromatic rings. The van der Waals surface area contributed by atoms with Crippen molar-refractivity contribution in [1.82, 2.24) is 9.97 Å². The van der Waals surface area contributed by atoms with E-state index < -0.39 is 0 Å². The van der Waals surface area contributed by atoms with Crippen molar-refractivity contribution in [3.05, 3.63) is 28.7 Å². The topological polar surface area (TPSA) is 37.8 Å². The predicted molar refractivity (Wildman–Crippen MR) is 80.7 cm³/mol. The van der Waals surface area contributed by atoms with Gasteiger partial charge in [0.05, 0.1) is 0 Å². The van der Waals surface area contributed by atoms with Crippen LogP contribution in [0.25, 0.3) is 0 Å². The normalized spacial score (nSPS) is 15.2. The van der Waals surface area contributed by atoms with E-state index in [1.807, 2.05) is 0 Å². The van der Waals surface area contributed by atoms with Crippen LogP contribution in [-0.4, -0.2) is 16.5 Å². The molecule has 0 radical (unpaired) electrons. The lowest BCUT2D eigenvalue weighted by molar-refractivity contribution is 0.679. The second kappa shape index (κ2) is 7.49. The van der Waals surface area contributed by atoms with Gasteiger partial charge in [-0.25, -0.2) is 9.97 Å². The van der Waals surface area contributed by atoms with Crippen molar-refractivity contribution < 1.29 is 0 Å². The molecule has 0 aromatic carbocycles. The molecule has 0 spiro atoms. The van der Waals surface area contributed by atoms with Crippen LogP contribution in [0.4, 0.5) is 5.82 Å². The van der Waals surface area contributed by atoms with Crippen molar-refractivity contribution in [3.8, 4) is 0 Å². The van der Waals surface area contributed by atoms with E-state index in [1.54, 1.807) is 5.57 Å². The summed E-state index contributed by atoms with van der Waals surface area (Å²) in [5.74, 6) is 0.901. The van der Waals surface area contributed by atoms with E-state index in [1.165, 1.54) is 32.0 Å². The molecule has 0 bridgehead atoms. The number of nitrogens with zero attached hydrogens (tertiary/aromatic N) is 2. The van der Waals surface area contributed by atoms with Crippen LogP contribution >= 0.6 is 11.6 Å². The van der Waals surface area contributed by atoms with Gasteiger partial charge in [0.1, 0.15) is 17.3 Å². The first-order valence-electron chi connectivity index (χ1n) is 7.22. The minimum atomic E-state index is 0.580. The summed E-state index contributed by atoms with van der Waals surface area (Å²) >= 11 is 6.13. The van der Waals surface area contributed by atoms with E-state index in [-0.39, 0.29) is 0 Å². The average Bonchev–Trinajstić information content (AvgIpc) is 2.44. The van der Waals surface area contributed by atoms with E-state index in [0.29, 0.717) is 5.15 Å². The van der Waals surface area contributed by atoms with Gasteiger partial charge < -0.3 is 5.32 Å². The van der Waals surface area contributed by atoms with Gasteiger partial charge in [-0.1, -0.05) is 36.6 Å². The maximum Gasteiger partial charge on any atom is 0.137 e. The lowest BCUT2D eigenvalue weighted by atomic mass is 9.97. The zero-order valence-electron chi connectivity index (χ0n) is 11.6. The second-order valence-corrected chi connectivity index (χ2v) is 5.38. The molecule has 4 heteroatoms. The Morgan fingerprint density at radius 2 is 2.16 bits per heavy atom. The van der Waals surface area contributed by atoms with Crippen molar-refractivity contribution in [3.63, 3.8) is 0 Å². The Balaban J connectivity index is 1.91. The zero-order valence-corrected chi connectivity index (χ0v) is 12.3. The number of aromatic nitrogens is 2. The van der Waals surface area contributed by atoms with Gasteiger partial charge in [-0.05, 0) is 38.5 Å². The summed E-state index contributed by atoms with van der Waals surface area (Å²) in [6, 6.07) is 0. The van der Waals surface area contributed by atoms with Crippen LogP contribution in [0.2, 0.25) is 5.15 Å². The largest absolute Gasteiger partial charge is 0.369 e. The summed E-state index contributed by atoms with van der Waals surface area (Å²) in [5, 5.41) is 3.99. The highest BCUT2D eigenvalue weighted by molar-refractivity contribution is 6.30. The Kier molecular flexibility index (Phi) is 5.64. The van der Waals surface area contributed by atoms with Gasteiger partial charge in [-0.3, -0.25) is 0 Å². The Morgan fingerprint density at radius 1 is 1.26 bits per heavy atom. The molecule has 104 valence electrons. The minimum Gasteiger partial charge on any atom is -0.369 e. The van der Waals surface area contributed by atoms with E-state index in [4.69, 9.17) is 11.6 Å². The highest BCUT2D eigenvalue weighted by Gasteiger charge is 2.09. The number of nitrogens with one attached hydrogen (secondary N) is 1. The molecule has 0 saturated carbocycles. The minimum absolute atomic E-state index is 0.580. The molecule has 1 aliphatic carbocycles. The van der Waals surface area contributed by atoms with E-state index in [0.717, 1.165) is 37.2 Å². The Morgan fingerprint density at radius 3 is 2.89 bits per heavy atom. The molecule has 0 amide bonds. The third kappa shape index (κ3) is 4.20. The maximum absolute atomic E-state index is 6.13. The molecular weight excluding hydrogens is 258 g/mol. The summed E-state index contributed by atoms with van der Waals surface area (Å²) in [4.78, 5) is 8.37. The van der Waals surface area contributed by atoms with Crippen LogP contribution in [0.15, 0.2) is 18.0 Å². The van der Waals surface area contributed by atoms with Crippen molar-refractivity contribution in [1.29, 1.82) is 0 Å². The zero-order chi connectivity index (χ0) is 13.5. The summed E-state index contributed by atoms with van der Waals surface area (Å²) in [7, 11) is 0. The number of allylic oxidation sites excluding steroid dienone is 1. The molecule has 0 aliphatic heterocycles. The van der Waals surface area contributed by atoms with Crippen molar-refractivity contribution in [2.75, 3.05) is 11.9 Å². The molecule has 1 heterocycles. The van der Waals surface area contributed by atoms with Gasteiger partial charge in [-0.2, -0.15) is 0 Å². The quantitative estimate of drug-likeness (QED) is 0.620. The Hall–Kier alpha value is -1.09. The highest BCUT2D eigenvalue weighted by Crippen LogP contribution is 2.23. The molecule has 1 aliphatic rings. The number of hydrogen-bond donors (Lipinski definition) is 1. The molecule has 1 N–H and O–H groups in total. The third-order valence-corrected chi connectivity index (χ3v) is 3.84. The first-order valence-corrected chi connectivity index (χ1v) is 7.60. The molecule has 0 atom stereocenters. The lowest BCUT2D eigenvalue weighted by Gasteiger charge is -2.14. The Bertz CT molecular complexity index is 443. The molecule has 3 nitrogen and oxygen atoms in total. The Labute approximate surface area is 120 Å². The van der Waals surface area contributed by atoms with Gasteiger partial charge in [0.2, 0.25) is 0 Å². The number of hydrogen-bond acceptors (Lipinski definition) is 3. The van der Waals surface area contributed by atoms with Crippen molar-refractivity contribution in [2.45, 2.75) is 51.9 Å². The lowest BCUT2D eigenvalue weighted by Crippen LogP contribution is -2.09. The number of halogens is 1. The molecule has 1 aromatic heterocycles. The monoisotopic (exact) mass is 279 g/mol. The summed E-state index contributed by atoms with van der Waals surface area (Å²) in [6.45, 7) is 3.07. The predicted octanol–water partition coefficient (Wildman–Crippen LogP) is 4.38. The van der Waals surface area contributed by atoms with Crippen LogP contribution in [0.3, 0.4) is 0 Å².